The second kappa shape index (κ2) is 8.99. The van der Waals surface area contributed by atoms with Gasteiger partial charge in [0.05, 0.1) is 32.8 Å². The molecule has 4 aromatic rings. The Morgan fingerprint density at radius 1 is 1.11 bits per heavy atom. The zero-order chi connectivity index (χ0) is 27.5. The molecule has 1 N–H and O–H groups in total. The number of pyridine rings is 1. The van der Waals surface area contributed by atoms with Gasteiger partial charge < -0.3 is 9.51 Å². The van der Waals surface area contributed by atoms with Gasteiger partial charge in [0, 0.05) is 25.3 Å². The van der Waals surface area contributed by atoms with E-state index in [2.05, 4.69) is 9.97 Å². The number of nitrogens with zero attached hydrogens (tertiary/aromatic N) is 5. The highest BCUT2D eigenvalue weighted by Gasteiger charge is 2.49. The minimum Gasteiger partial charge on any atom is -0.505 e. The molecular formula is C26H21N5O6S. The molecule has 3 aromatic heterocycles. The predicted molar refractivity (Wildman–Crippen MR) is 139 cm³/mol. The second-order valence-electron chi connectivity index (χ2n) is 8.92. The molecule has 0 spiro atoms. The standard InChI is InChI=1S/C26H21N5O6S/c1-12-6-5-11-29-14(3)19(28-24(12)29)21(33)18-20(16-7-9-17(10-8-16)31(36)37)30(25(35)22(18)34)26-27-13(2)23(38-26)15(4)32/h5-11,20,33H,1-4H3. The SMILES string of the molecule is CC(=O)c1sc(N2C(=O)C(=O)C(=C(O)c3nc4c(C)cccn4c3C)C2c2ccc([N+](=O)[O-])cc2)nc1C. The first-order chi connectivity index (χ1) is 18.0. The van der Waals surface area contributed by atoms with E-state index in [1.165, 1.54) is 31.2 Å². The summed E-state index contributed by atoms with van der Waals surface area (Å²) in [5.74, 6) is -2.63. The number of anilines is 1. The second-order valence-corrected chi connectivity index (χ2v) is 9.89. The average Bonchev–Trinajstić information content (AvgIpc) is 3.51. The number of amides is 1. The summed E-state index contributed by atoms with van der Waals surface area (Å²) in [6.45, 7) is 6.59. The van der Waals surface area contributed by atoms with Gasteiger partial charge in [-0.1, -0.05) is 17.4 Å². The lowest BCUT2D eigenvalue weighted by Crippen LogP contribution is -2.29. The maximum absolute atomic E-state index is 13.4. The molecule has 1 aromatic carbocycles. The minimum atomic E-state index is -1.16. The zero-order valence-corrected chi connectivity index (χ0v) is 21.6. The Morgan fingerprint density at radius 2 is 1.79 bits per heavy atom. The first-order valence-electron chi connectivity index (χ1n) is 11.5. The molecule has 1 aliphatic heterocycles. The molecule has 0 aliphatic carbocycles. The van der Waals surface area contributed by atoms with Crippen molar-refractivity contribution in [2.75, 3.05) is 4.90 Å². The maximum Gasteiger partial charge on any atom is 0.301 e. The Balaban J connectivity index is 1.76. The van der Waals surface area contributed by atoms with Gasteiger partial charge in [0.2, 0.25) is 0 Å². The van der Waals surface area contributed by atoms with Crippen LogP contribution in [0.15, 0.2) is 48.2 Å². The Hall–Kier alpha value is -4.71. The van der Waals surface area contributed by atoms with Gasteiger partial charge in [0.15, 0.2) is 16.7 Å². The van der Waals surface area contributed by atoms with E-state index in [0.29, 0.717) is 27.5 Å². The molecule has 0 saturated carbocycles. The molecule has 1 fully saturated rings. The summed E-state index contributed by atoms with van der Waals surface area (Å²) < 4.78 is 1.77. The highest BCUT2D eigenvalue weighted by Crippen LogP contribution is 2.44. The van der Waals surface area contributed by atoms with Gasteiger partial charge in [-0.2, -0.15) is 0 Å². The number of aromatic nitrogens is 3. The summed E-state index contributed by atoms with van der Waals surface area (Å²) in [6, 6.07) is 7.87. The van der Waals surface area contributed by atoms with E-state index in [9.17, 15) is 29.6 Å². The van der Waals surface area contributed by atoms with Crippen molar-refractivity contribution in [3.05, 3.63) is 91.4 Å². The number of aryl methyl sites for hydroxylation is 3. The van der Waals surface area contributed by atoms with Crippen LogP contribution in [-0.2, 0) is 9.59 Å². The zero-order valence-electron chi connectivity index (χ0n) is 20.8. The Morgan fingerprint density at radius 3 is 2.37 bits per heavy atom. The molecule has 12 heteroatoms. The number of aliphatic hydroxyl groups excluding tert-OH is 1. The molecule has 5 rings (SSSR count). The number of rotatable bonds is 5. The lowest BCUT2D eigenvalue weighted by molar-refractivity contribution is -0.384. The van der Waals surface area contributed by atoms with E-state index in [0.717, 1.165) is 21.8 Å². The molecule has 11 nitrogen and oxygen atoms in total. The average molecular weight is 532 g/mol. The van der Waals surface area contributed by atoms with Crippen LogP contribution in [0.3, 0.4) is 0 Å². The van der Waals surface area contributed by atoms with Crippen molar-refractivity contribution in [2.24, 2.45) is 0 Å². The highest BCUT2D eigenvalue weighted by molar-refractivity contribution is 7.18. The third-order valence-electron chi connectivity index (χ3n) is 6.48. The summed E-state index contributed by atoms with van der Waals surface area (Å²) in [5, 5.41) is 22.8. The first kappa shape index (κ1) is 25.0. The number of hydrogen-bond acceptors (Lipinski definition) is 9. The van der Waals surface area contributed by atoms with Crippen molar-refractivity contribution in [3.63, 3.8) is 0 Å². The molecular weight excluding hydrogens is 510 g/mol. The monoisotopic (exact) mass is 531 g/mol. The number of thiazole rings is 1. The summed E-state index contributed by atoms with van der Waals surface area (Å²) in [5.41, 5.74) is 2.43. The molecule has 38 heavy (non-hydrogen) atoms. The van der Waals surface area contributed by atoms with Crippen molar-refractivity contribution < 1.29 is 24.4 Å². The van der Waals surface area contributed by atoms with Crippen LogP contribution in [0.4, 0.5) is 10.8 Å². The molecule has 1 unspecified atom stereocenters. The molecule has 0 radical (unpaired) electrons. The van der Waals surface area contributed by atoms with Crippen LogP contribution in [0.25, 0.3) is 11.4 Å². The molecule has 192 valence electrons. The van der Waals surface area contributed by atoms with Crippen molar-refractivity contribution in [1.29, 1.82) is 0 Å². The molecule has 0 bridgehead atoms. The maximum atomic E-state index is 13.4. The van der Waals surface area contributed by atoms with Crippen LogP contribution in [0.1, 0.15) is 50.8 Å². The number of fused-ring (bicyclic) bond motifs is 1. The van der Waals surface area contributed by atoms with Gasteiger partial charge in [-0.25, -0.2) is 9.97 Å². The number of ketones is 2. The fourth-order valence-electron chi connectivity index (χ4n) is 4.61. The van der Waals surface area contributed by atoms with E-state index < -0.39 is 28.4 Å². The van der Waals surface area contributed by atoms with Crippen LogP contribution in [0.5, 0.6) is 0 Å². The predicted octanol–water partition coefficient (Wildman–Crippen LogP) is 4.45. The van der Waals surface area contributed by atoms with Crippen molar-refractivity contribution in [3.8, 4) is 0 Å². The fraction of sp³-hybridized carbons (Fsp3) is 0.192. The van der Waals surface area contributed by atoms with Crippen molar-refractivity contribution >= 4 is 51.0 Å². The van der Waals surface area contributed by atoms with E-state index in [1.54, 1.807) is 24.4 Å². The topological polar surface area (TPSA) is 148 Å². The number of nitro benzene ring substituents is 1. The van der Waals surface area contributed by atoms with Gasteiger partial charge >= 0.3 is 5.91 Å². The van der Waals surface area contributed by atoms with Crippen molar-refractivity contribution in [2.45, 2.75) is 33.7 Å². The van der Waals surface area contributed by atoms with Gasteiger partial charge in [-0.15, -0.1) is 0 Å². The largest absolute Gasteiger partial charge is 0.505 e. The number of Topliss-reactive ketones (excluding diaryl/α,β-unsaturated/α-hetero) is 2. The molecule has 1 amide bonds. The Labute approximate surface area is 219 Å². The van der Waals surface area contributed by atoms with Crippen LogP contribution >= 0.6 is 11.3 Å². The normalized spacial score (nSPS) is 16.9. The fourth-order valence-corrected chi connectivity index (χ4v) is 5.60. The first-order valence-corrected chi connectivity index (χ1v) is 12.3. The lowest BCUT2D eigenvalue weighted by Gasteiger charge is -2.22. The van der Waals surface area contributed by atoms with Crippen LogP contribution < -0.4 is 4.90 Å². The van der Waals surface area contributed by atoms with E-state index in [-0.39, 0.29) is 27.9 Å². The number of nitro groups is 1. The van der Waals surface area contributed by atoms with Gasteiger partial charge in [0.25, 0.3) is 11.5 Å². The lowest BCUT2D eigenvalue weighted by atomic mass is 9.96. The number of non-ortho nitro benzene ring substituents is 1. The van der Waals surface area contributed by atoms with Crippen LogP contribution in [0, 0.1) is 30.9 Å². The summed E-state index contributed by atoms with van der Waals surface area (Å²) in [6.07, 6.45) is 1.77. The summed E-state index contributed by atoms with van der Waals surface area (Å²) in [4.78, 5) is 59.9. The smallest absolute Gasteiger partial charge is 0.301 e. The number of hydrogen-bond donors (Lipinski definition) is 1. The van der Waals surface area contributed by atoms with E-state index in [1.807, 2.05) is 19.1 Å². The number of aliphatic hydroxyl groups is 1. The van der Waals surface area contributed by atoms with Crippen LogP contribution in [-0.4, -0.2) is 41.9 Å². The Bertz CT molecular complexity index is 1720. The van der Waals surface area contributed by atoms with E-state index in [4.69, 9.17) is 0 Å². The molecule has 1 atom stereocenters. The Kier molecular flexibility index (Phi) is 5.91. The van der Waals surface area contributed by atoms with E-state index >= 15 is 0 Å². The quantitative estimate of drug-likeness (QED) is 0.0991. The highest BCUT2D eigenvalue weighted by atomic mass is 32.1. The molecule has 4 heterocycles. The van der Waals surface area contributed by atoms with Crippen LogP contribution in [0.2, 0.25) is 0 Å². The molecule has 1 saturated heterocycles. The number of benzene rings is 1. The third-order valence-corrected chi connectivity index (χ3v) is 7.74. The minimum absolute atomic E-state index is 0.0970. The number of carbonyl (C=O) groups excluding carboxylic acids is 3. The summed E-state index contributed by atoms with van der Waals surface area (Å²) in [7, 11) is 0. The van der Waals surface area contributed by atoms with Crippen molar-refractivity contribution in [1.82, 2.24) is 14.4 Å². The van der Waals surface area contributed by atoms with Gasteiger partial charge in [-0.05, 0) is 50.1 Å². The van der Waals surface area contributed by atoms with Gasteiger partial charge in [0.1, 0.15) is 11.3 Å². The van der Waals surface area contributed by atoms with Gasteiger partial charge in [-0.3, -0.25) is 29.4 Å². The summed E-state index contributed by atoms with van der Waals surface area (Å²) >= 11 is 0.956. The number of imidazole rings is 1. The molecule has 1 aliphatic rings. The third kappa shape index (κ3) is 3.77. The number of carbonyl (C=O) groups is 3.